The number of hydrogen-bond donors (Lipinski definition) is 2. The van der Waals surface area contributed by atoms with Crippen molar-refractivity contribution in [2.45, 2.75) is 32.9 Å². The van der Waals surface area contributed by atoms with E-state index in [-0.39, 0.29) is 12.6 Å². The van der Waals surface area contributed by atoms with Gasteiger partial charge in [-0.05, 0) is 40.0 Å². The lowest BCUT2D eigenvalue weighted by atomic mass is 10.0. The Bertz CT molecular complexity index is 394. The minimum absolute atomic E-state index is 0.142. The Kier molecular flexibility index (Phi) is 6.12. The van der Waals surface area contributed by atoms with Crippen LogP contribution in [0.1, 0.15) is 32.4 Å². The maximum Gasteiger partial charge on any atom is 0.125 e. The van der Waals surface area contributed by atoms with E-state index >= 15 is 0 Å². The molecule has 108 valence electrons. The molecule has 4 nitrogen and oxygen atoms in total. The van der Waals surface area contributed by atoms with E-state index in [1.807, 2.05) is 19.2 Å². The average Bonchev–Trinajstić information content (AvgIpc) is 2.42. The van der Waals surface area contributed by atoms with Crippen molar-refractivity contribution in [1.29, 1.82) is 0 Å². The lowest BCUT2D eigenvalue weighted by molar-refractivity contribution is 0.298. The molecule has 1 rings (SSSR count). The first-order valence-electron chi connectivity index (χ1n) is 6.78. The van der Waals surface area contributed by atoms with Gasteiger partial charge in [0.25, 0.3) is 0 Å². The zero-order chi connectivity index (χ0) is 14.4. The van der Waals surface area contributed by atoms with Crippen LogP contribution < -0.4 is 15.0 Å². The van der Waals surface area contributed by atoms with Crippen molar-refractivity contribution in [3.63, 3.8) is 0 Å². The van der Waals surface area contributed by atoms with Gasteiger partial charge in [-0.2, -0.15) is 0 Å². The van der Waals surface area contributed by atoms with E-state index in [0.29, 0.717) is 12.6 Å². The number of benzene rings is 1. The zero-order valence-electron chi connectivity index (χ0n) is 12.6. The number of aliphatic hydroxyl groups is 1. The van der Waals surface area contributed by atoms with Crippen LogP contribution in [0.4, 0.5) is 5.69 Å². The molecule has 0 bridgehead atoms. The number of hydrogen-bond acceptors (Lipinski definition) is 4. The SMILES string of the molecule is CNC(C)c1c(OC)cccc1N(CCO)C(C)C. The summed E-state index contributed by atoms with van der Waals surface area (Å²) in [5.41, 5.74) is 2.25. The molecule has 0 saturated heterocycles. The van der Waals surface area contributed by atoms with Gasteiger partial charge < -0.3 is 20.1 Å². The van der Waals surface area contributed by atoms with E-state index in [1.165, 1.54) is 0 Å². The molecule has 2 N–H and O–H groups in total. The number of nitrogens with zero attached hydrogens (tertiary/aromatic N) is 1. The van der Waals surface area contributed by atoms with Gasteiger partial charge in [-0.25, -0.2) is 0 Å². The predicted octanol–water partition coefficient (Wildman–Crippen LogP) is 2.18. The molecule has 0 amide bonds. The van der Waals surface area contributed by atoms with Gasteiger partial charge in [-0.1, -0.05) is 6.07 Å². The first kappa shape index (κ1) is 15.8. The molecule has 0 aromatic heterocycles. The Morgan fingerprint density at radius 2 is 2.00 bits per heavy atom. The van der Waals surface area contributed by atoms with Gasteiger partial charge in [-0.3, -0.25) is 0 Å². The molecule has 19 heavy (non-hydrogen) atoms. The summed E-state index contributed by atoms with van der Waals surface area (Å²) in [6.07, 6.45) is 0. The van der Waals surface area contributed by atoms with E-state index in [1.54, 1.807) is 7.11 Å². The summed E-state index contributed by atoms with van der Waals surface area (Å²) in [4.78, 5) is 2.20. The summed E-state index contributed by atoms with van der Waals surface area (Å²) >= 11 is 0. The largest absolute Gasteiger partial charge is 0.496 e. The topological polar surface area (TPSA) is 44.7 Å². The second-order valence-corrected chi connectivity index (χ2v) is 4.91. The van der Waals surface area contributed by atoms with Crippen molar-refractivity contribution in [3.05, 3.63) is 23.8 Å². The predicted molar refractivity (Wildman–Crippen MR) is 80.0 cm³/mol. The van der Waals surface area contributed by atoms with Crippen LogP contribution in [0.5, 0.6) is 5.75 Å². The molecule has 1 unspecified atom stereocenters. The number of methoxy groups -OCH3 is 1. The normalized spacial score (nSPS) is 12.6. The summed E-state index contributed by atoms with van der Waals surface area (Å²) in [7, 11) is 3.63. The minimum Gasteiger partial charge on any atom is -0.496 e. The highest BCUT2D eigenvalue weighted by Gasteiger charge is 2.20. The van der Waals surface area contributed by atoms with Gasteiger partial charge in [0, 0.05) is 29.9 Å². The maximum absolute atomic E-state index is 9.27. The number of anilines is 1. The Hall–Kier alpha value is -1.26. The van der Waals surface area contributed by atoms with Gasteiger partial charge in [0.2, 0.25) is 0 Å². The smallest absolute Gasteiger partial charge is 0.125 e. The third-order valence-electron chi connectivity index (χ3n) is 3.40. The van der Waals surface area contributed by atoms with Crippen LogP contribution in [0.15, 0.2) is 18.2 Å². The fourth-order valence-corrected chi connectivity index (χ4v) is 2.30. The number of aliphatic hydroxyl groups excluding tert-OH is 1. The Morgan fingerprint density at radius 3 is 2.47 bits per heavy atom. The van der Waals surface area contributed by atoms with Crippen molar-refractivity contribution in [2.24, 2.45) is 0 Å². The molecule has 0 radical (unpaired) electrons. The molecule has 0 aliphatic heterocycles. The van der Waals surface area contributed by atoms with E-state index in [0.717, 1.165) is 17.0 Å². The minimum atomic E-state index is 0.142. The maximum atomic E-state index is 9.27. The van der Waals surface area contributed by atoms with Crippen LogP contribution in [0.25, 0.3) is 0 Å². The van der Waals surface area contributed by atoms with Crippen LogP contribution in [-0.4, -0.2) is 38.5 Å². The van der Waals surface area contributed by atoms with Gasteiger partial charge in [0.1, 0.15) is 5.75 Å². The van der Waals surface area contributed by atoms with Crippen LogP contribution in [0.3, 0.4) is 0 Å². The number of rotatable bonds is 7. The van der Waals surface area contributed by atoms with Crippen LogP contribution in [-0.2, 0) is 0 Å². The van der Waals surface area contributed by atoms with Crippen molar-refractivity contribution in [1.82, 2.24) is 5.32 Å². The lowest BCUT2D eigenvalue weighted by Gasteiger charge is -2.32. The molecule has 1 aromatic rings. The average molecular weight is 266 g/mol. The molecule has 4 heteroatoms. The highest BCUT2D eigenvalue weighted by atomic mass is 16.5. The fraction of sp³-hybridized carbons (Fsp3) is 0.600. The second-order valence-electron chi connectivity index (χ2n) is 4.91. The molecule has 0 fully saturated rings. The van der Waals surface area contributed by atoms with Crippen molar-refractivity contribution < 1.29 is 9.84 Å². The van der Waals surface area contributed by atoms with Crippen LogP contribution in [0, 0.1) is 0 Å². The molecule has 0 aliphatic carbocycles. The van der Waals surface area contributed by atoms with Gasteiger partial charge in [0.15, 0.2) is 0 Å². The van der Waals surface area contributed by atoms with Crippen molar-refractivity contribution in [3.8, 4) is 5.75 Å². The summed E-state index contributed by atoms with van der Waals surface area (Å²) in [6.45, 7) is 7.13. The highest BCUT2D eigenvalue weighted by Crippen LogP contribution is 2.35. The first-order chi connectivity index (χ1) is 9.06. The summed E-state index contributed by atoms with van der Waals surface area (Å²) in [5.74, 6) is 0.878. The Labute approximate surface area is 116 Å². The standard InChI is InChI=1S/C15H26N2O2/c1-11(2)17(9-10-18)13-7-6-8-14(19-5)15(13)12(3)16-4/h6-8,11-12,16,18H,9-10H2,1-5H3. The highest BCUT2D eigenvalue weighted by molar-refractivity contribution is 5.61. The molecular formula is C15H26N2O2. The van der Waals surface area contributed by atoms with Gasteiger partial charge in [0.05, 0.1) is 13.7 Å². The molecule has 0 spiro atoms. The van der Waals surface area contributed by atoms with Crippen molar-refractivity contribution in [2.75, 3.05) is 32.2 Å². The molecular weight excluding hydrogens is 240 g/mol. The van der Waals surface area contributed by atoms with Gasteiger partial charge >= 0.3 is 0 Å². The Balaban J connectivity index is 3.31. The van der Waals surface area contributed by atoms with Crippen LogP contribution >= 0.6 is 0 Å². The third-order valence-corrected chi connectivity index (χ3v) is 3.40. The van der Waals surface area contributed by atoms with Crippen molar-refractivity contribution >= 4 is 5.69 Å². The summed E-state index contributed by atoms with van der Waals surface area (Å²) < 4.78 is 5.49. The van der Waals surface area contributed by atoms with E-state index in [2.05, 4.69) is 37.1 Å². The third kappa shape index (κ3) is 3.61. The Morgan fingerprint density at radius 1 is 1.32 bits per heavy atom. The van der Waals surface area contributed by atoms with E-state index in [4.69, 9.17) is 4.74 Å². The summed E-state index contributed by atoms with van der Waals surface area (Å²) in [5, 5.41) is 12.5. The number of nitrogens with one attached hydrogen (secondary N) is 1. The monoisotopic (exact) mass is 266 g/mol. The molecule has 0 saturated carbocycles. The van der Waals surface area contributed by atoms with E-state index < -0.39 is 0 Å². The van der Waals surface area contributed by atoms with Crippen LogP contribution in [0.2, 0.25) is 0 Å². The fourth-order valence-electron chi connectivity index (χ4n) is 2.30. The molecule has 0 heterocycles. The molecule has 0 aliphatic rings. The quantitative estimate of drug-likeness (QED) is 0.794. The number of ether oxygens (including phenoxy) is 1. The van der Waals surface area contributed by atoms with E-state index in [9.17, 15) is 5.11 Å². The lowest BCUT2D eigenvalue weighted by Crippen LogP contribution is -2.35. The molecule has 1 aromatic carbocycles. The summed E-state index contributed by atoms with van der Waals surface area (Å²) in [6, 6.07) is 6.56. The second kappa shape index (κ2) is 7.36. The van der Waals surface area contributed by atoms with Gasteiger partial charge in [-0.15, -0.1) is 0 Å². The molecule has 1 atom stereocenters. The first-order valence-corrected chi connectivity index (χ1v) is 6.78. The zero-order valence-corrected chi connectivity index (χ0v) is 12.6.